The summed E-state index contributed by atoms with van der Waals surface area (Å²) in [7, 11) is -3.62. The number of nitrogens with one attached hydrogen (secondary N) is 1. The number of carbonyl (C=O) groups excluding carboxylic acids is 1. The van der Waals surface area contributed by atoms with Crippen molar-refractivity contribution in [3.63, 3.8) is 0 Å². The lowest BCUT2D eigenvalue weighted by Gasteiger charge is -2.17. The van der Waals surface area contributed by atoms with Crippen LogP contribution in [0, 0.1) is 5.41 Å². The number of sulfonamides is 1. The molecule has 1 aromatic rings. The quantitative estimate of drug-likeness (QED) is 0.893. The summed E-state index contributed by atoms with van der Waals surface area (Å²) in [6, 6.07) is 8.75. The molecule has 0 atom stereocenters. The Morgan fingerprint density at radius 3 is 2.18 bits per heavy atom. The highest BCUT2D eigenvalue weighted by Gasteiger charge is 2.25. The first kappa shape index (κ1) is 13.7. The van der Waals surface area contributed by atoms with E-state index in [0.717, 1.165) is 0 Å². The highest BCUT2D eigenvalue weighted by molar-refractivity contribution is 7.89. The summed E-state index contributed by atoms with van der Waals surface area (Å²) in [5, 5.41) is 0. The van der Waals surface area contributed by atoms with Crippen LogP contribution >= 0.6 is 0 Å². The third-order valence-electron chi connectivity index (χ3n) is 2.13. The lowest BCUT2D eigenvalue weighted by Crippen LogP contribution is -2.39. The Labute approximate surface area is 102 Å². The van der Waals surface area contributed by atoms with Gasteiger partial charge in [-0.15, -0.1) is 0 Å². The van der Waals surface area contributed by atoms with Crippen molar-refractivity contribution in [3.05, 3.63) is 35.9 Å². The number of rotatable bonds is 3. The fraction of sp³-hybridized carbons (Fsp3) is 0.417. The van der Waals surface area contributed by atoms with E-state index < -0.39 is 21.3 Å². The summed E-state index contributed by atoms with van der Waals surface area (Å²) in [5.74, 6) is -0.677. The van der Waals surface area contributed by atoms with E-state index in [-0.39, 0.29) is 5.75 Å². The zero-order chi connectivity index (χ0) is 13.1. The van der Waals surface area contributed by atoms with Crippen molar-refractivity contribution in [2.75, 3.05) is 0 Å². The molecular weight excluding hydrogens is 238 g/mol. The van der Waals surface area contributed by atoms with Crippen LogP contribution in [-0.2, 0) is 20.6 Å². The van der Waals surface area contributed by atoms with Crippen LogP contribution in [0.3, 0.4) is 0 Å². The lowest BCUT2D eigenvalue weighted by molar-refractivity contribution is -0.126. The minimum atomic E-state index is -3.62. The molecule has 0 saturated carbocycles. The van der Waals surface area contributed by atoms with Crippen LogP contribution in [0.4, 0.5) is 0 Å². The monoisotopic (exact) mass is 255 g/mol. The number of carbonyl (C=O) groups is 1. The molecule has 0 spiro atoms. The second-order valence-corrected chi connectivity index (χ2v) is 6.65. The number of benzene rings is 1. The van der Waals surface area contributed by atoms with E-state index >= 15 is 0 Å². The van der Waals surface area contributed by atoms with Gasteiger partial charge in [-0.3, -0.25) is 9.52 Å². The Kier molecular flexibility index (Phi) is 3.93. The van der Waals surface area contributed by atoms with Gasteiger partial charge in [-0.05, 0) is 5.56 Å². The molecule has 1 aromatic carbocycles. The fourth-order valence-electron chi connectivity index (χ4n) is 1.12. The molecule has 0 saturated heterocycles. The molecule has 0 aliphatic carbocycles. The molecule has 1 N–H and O–H groups in total. The van der Waals surface area contributed by atoms with Gasteiger partial charge in [0.25, 0.3) is 0 Å². The van der Waals surface area contributed by atoms with Crippen molar-refractivity contribution >= 4 is 15.9 Å². The van der Waals surface area contributed by atoms with E-state index in [1.165, 1.54) is 0 Å². The van der Waals surface area contributed by atoms with Crippen molar-refractivity contribution in [2.45, 2.75) is 26.5 Å². The molecule has 1 rings (SSSR count). The summed E-state index contributed by atoms with van der Waals surface area (Å²) in [6.45, 7) is 5.00. The Balaban J connectivity index is 2.75. The van der Waals surface area contributed by atoms with Crippen LogP contribution in [0.15, 0.2) is 30.3 Å². The predicted octanol–water partition coefficient (Wildman–Crippen LogP) is 1.68. The molecule has 0 fully saturated rings. The van der Waals surface area contributed by atoms with E-state index in [4.69, 9.17) is 0 Å². The third-order valence-corrected chi connectivity index (χ3v) is 3.34. The second-order valence-electron chi connectivity index (χ2n) is 4.93. The second kappa shape index (κ2) is 4.87. The summed E-state index contributed by atoms with van der Waals surface area (Å²) < 4.78 is 25.5. The van der Waals surface area contributed by atoms with Crippen LogP contribution in [0.2, 0.25) is 0 Å². The molecule has 0 aromatic heterocycles. The standard InChI is InChI=1S/C12H17NO3S/c1-12(2,3)11(14)13-17(15,16)9-10-7-5-4-6-8-10/h4-8H,9H2,1-3H3,(H,13,14). The first-order chi connectivity index (χ1) is 7.71. The van der Waals surface area contributed by atoms with Gasteiger partial charge in [0.05, 0.1) is 5.75 Å². The Hall–Kier alpha value is -1.36. The largest absolute Gasteiger partial charge is 0.273 e. The maximum atomic E-state index is 11.7. The van der Waals surface area contributed by atoms with Crippen LogP contribution in [0.5, 0.6) is 0 Å². The highest BCUT2D eigenvalue weighted by atomic mass is 32.2. The van der Waals surface area contributed by atoms with Crippen molar-refractivity contribution in [1.29, 1.82) is 0 Å². The highest BCUT2D eigenvalue weighted by Crippen LogP contribution is 2.14. The molecule has 1 amide bonds. The van der Waals surface area contributed by atoms with Crippen LogP contribution in [0.25, 0.3) is 0 Å². The average Bonchev–Trinajstić information content (AvgIpc) is 2.16. The minimum absolute atomic E-state index is 0.185. The lowest BCUT2D eigenvalue weighted by atomic mass is 9.96. The van der Waals surface area contributed by atoms with Gasteiger partial charge in [-0.25, -0.2) is 8.42 Å². The molecule has 0 aliphatic heterocycles. The first-order valence-electron chi connectivity index (χ1n) is 5.29. The van der Waals surface area contributed by atoms with E-state index in [2.05, 4.69) is 4.72 Å². The maximum Gasteiger partial charge on any atom is 0.239 e. The van der Waals surface area contributed by atoms with Gasteiger partial charge in [0.2, 0.25) is 15.9 Å². The Morgan fingerprint density at radius 2 is 1.71 bits per heavy atom. The van der Waals surface area contributed by atoms with E-state index in [9.17, 15) is 13.2 Å². The minimum Gasteiger partial charge on any atom is -0.273 e. The summed E-state index contributed by atoms with van der Waals surface area (Å²) in [4.78, 5) is 11.6. The van der Waals surface area contributed by atoms with Crippen molar-refractivity contribution < 1.29 is 13.2 Å². The number of hydrogen-bond acceptors (Lipinski definition) is 3. The number of hydrogen-bond donors (Lipinski definition) is 1. The molecule has 0 aliphatic rings. The molecule has 94 valence electrons. The van der Waals surface area contributed by atoms with Gasteiger partial charge >= 0.3 is 0 Å². The Bertz CT molecular complexity index is 486. The average molecular weight is 255 g/mol. The molecule has 5 heteroatoms. The SMILES string of the molecule is CC(C)(C)C(=O)NS(=O)(=O)Cc1ccccc1. The predicted molar refractivity (Wildman–Crippen MR) is 66.7 cm³/mol. The molecule has 4 nitrogen and oxygen atoms in total. The zero-order valence-corrected chi connectivity index (χ0v) is 11.0. The molecule has 0 heterocycles. The summed E-state index contributed by atoms with van der Waals surface area (Å²) in [6.07, 6.45) is 0. The van der Waals surface area contributed by atoms with Gasteiger partial charge in [0.15, 0.2) is 0 Å². The molecule has 17 heavy (non-hydrogen) atoms. The molecule has 0 unspecified atom stereocenters. The van der Waals surface area contributed by atoms with Crippen molar-refractivity contribution in [3.8, 4) is 0 Å². The summed E-state index contributed by atoms with van der Waals surface area (Å²) in [5.41, 5.74) is -0.0641. The number of amides is 1. The van der Waals surface area contributed by atoms with Crippen molar-refractivity contribution in [2.24, 2.45) is 5.41 Å². The summed E-state index contributed by atoms with van der Waals surface area (Å²) >= 11 is 0. The van der Waals surface area contributed by atoms with Gasteiger partial charge in [0.1, 0.15) is 0 Å². The fourth-order valence-corrected chi connectivity index (χ4v) is 2.42. The Morgan fingerprint density at radius 1 is 1.18 bits per heavy atom. The maximum absolute atomic E-state index is 11.7. The smallest absolute Gasteiger partial charge is 0.239 e. The van der Waals surface area contributed by atoms with Gasteiger partial charge in [0, 0.05) is 5.41 Å². The van der Waals surface area contributed by atoms with E-state index in [1.54, 1.807) is 45.0 Å². The van der Waals surface area contributed by atoms with Crippen LogP contribution in [-0.4, -0.2) is 14.3 Å². The van der Waals surface area contributed by atoms with E-state index in [0.29, 0.717) is 5.56 Å². The first-order valence-corrected chi connectivity index (χ1v) is 6.95. The molecule has 0 radical (unpaired) electrons. The van der Waals surface area contributed by atoms with Crippen molar-refractivity contribution in [1.82, 2.24) is 4.72 Å². The van der Waals surface area contributed by atoms with Gasteiger partial charge in [-0.2, -0.15) is 0 Å². The normalized spacial score (nSPS) is 12.2. The molecular formula is C12H17NO3S. The van der Waals surface area contributed by atoms with Gasteiger partial charge < -0.3 is 0 Å². The molecule has 0 bridgehead atoms. The topological polar surface area (TPSA) is 63.2 Å². The van der Waals surface area contributed by atoms with Gasteiger partial charge in [-0.1, -0.05) is 51.1 Å². The van der Waals surface area contributed by atoms with Crippen LogP contribution in [0.1, 0.15) is 26.3 Å². The van der Waals surface area contributed by atoms with E-state index in [1.807, 2.05) is 6.07 Å². The van der Waals surface area contributed by atoms with Crippen LogP contribution < -0.4 is 4.72 Å². The zero-order valence-electron chi connectivity index (χ0n) is 10.2. The third kappa shape index (κ3) is 4.56.